The lowest BCUT2D eigenvalue weighted by Gasteiger charge is -2.11. The lowest BCUT2D eigenvalue weighted by atomic mass is 10.1. The molecule has 0 saturated heterocycles. The fraction of sp³-hybridized carbons (Fsp3) is 0.278. The van der Waals surface area contributed by atoms with Gasteiger partial charge in [0.25, 0.3) is 0 Å². The Morgan fingerprint density at radius 1 is 1.04 bits per heavy atom. The molecule has 122 valence electrons. The van der Waals surface area contributed by atoms with E-state index in [4.69, 9.17) is 9.84 Å². The first-order valence-electron chi connectivity index (χ1n) is 7.49. The first-order valence-corrected chi connectivity index (χ1v) is 7.49. The molecule has 0 saturated carbocycles. The second kappa shape index (κ2) is 8.19. The Balaban J connectivity index is 1.72. The number of hydrogen-bond acceptors (Lipinski definition) is 3. The maximum atomic E-state index is 11.7. The molecule has 0 radical (unpaired) electrons. The van der Waals surface area contributed by atoms with Gasteiger partial charge in [-0.2, -0.15) is 0 Å². The van der Waals surface area contributed by atoms with Crippen LogP contribution >= 0.6 is 0 Å². The Hall–Kier alpha value is -2.53. The molecule has 2 rings (SSSR count). The van der Waals surface area contributed by atoms with E-state index >= 15 is 0 Å². The smallest absolute Gasteiger partial charge is 0.317 e. The Kier molecular flexibility index (Phi) is 6.00. The van der Waals surface area contributed by atoms with Crippen LogP contribution in [0.3, 0.4) is 0 Å². The molecule has 2 amide bonds. The Morgan fingerprint density at radius 2 is 1.74 bits per heavy atom. The summed E-state index contributed by atoms with van der Waals surface area (Å²) in [5.74, 6) is 0.760. The van der Waals surface area contributed by atoms with E-state index in [0.717, 1.165) is 22.4 Å². The molecular weight excluding hydrogens is 292 g/mol. The van der Waals surface area contributed by atoms with Crippen molar-refractivity contribution in [1.82, 2.24) is 10.6 Å². The van der Waals surface area contributed by atoms with Gasteiger partial charge < -0.3 is 20.5 Å². The minimum absolute atomic E-state index is 0.0178. The predicted octanol–water partition coefficient (Wildman–Crippen LogP) is 2.63. The van der Waals surface area contributed by atoms with Crippen molar-refractivity contribution >= 4 is 6.03 Å². The number of aliphatic hydroxyl groups excluding tert-OH is 1. The number of amides is 2. The van der Waals surface area contributed by atoms with Crippen molar-refractivity contribution in [2.75, 3.05) is 6.73 Å². The minimum Gasteiger partial charge on any atom is -0.473 e. The van der Waals surface area contributed by atoms with Gasteiger partial charge in [0.05, 0.1) is 6.61 Å². The lowest BCUT2D eigenvalue weighted by Crippen LogP contribution is -2.37. The van der Waals surface area contributed by atoms with Crippen molar-refractivity contribution < 1.29 is 14.6 Å². The third-order valence-electron chi connectivity index (χ3n) is 3.45. The molecule has 2 aromatic carbocycles. The normalized spacial score (nSPS) is 10.2. The molecule has 0 atom stereocenters. The molecule has 0 spiro atoms. The van der Waals surface area contributed by atoms with Crippen LogP contribution in [0.15, 0.2) is 42.5 Å². The molecule has 23 heavy (non-hydrogen) atoms. The molecule has 0 aliphatic rings. The molecule has 5 heteroatoms. The Morgan fingerprint density at radius 3 is 2.39 bits per heavy atom. The van der Waals surface area contributed by atoms with Crippen LogP contribution in [0.25, 0.3) is 0 Å². The van der Waals surface area contributed by atoms with Crippen LogP contribution in [0.1, 0.15) is 22.3 Å². The summed E-state index contributed by atoms with van der Waals surface area (Å²) in [7, 11) is 0. The maximum absolute atomic E-state index is 11.7. The van der Waals surface area contributed by atoms with Crippen LogP contribution in [0, 0.1) is 13.8 Å². The molecule has 3 N–H and O–H groups in total. The van der Waals surface area contributed by atoms with E-state index in [1.165, 1.54) is 5.56 Å². The maximum Gasteiger partial charge on any atom is 0.317 e. The van der Waals surface area contributed by atoms with E-state index in [1.807, 2.05) is 56.3 Å². The van der Waals surface area contributed by atoms with Crippen molar-refractivity contribution in [3.05, 3.63) is 64.7 Å². The molecule has 0 aliphatic heterocycles. The quantitative estimate of drug-likeness (QED) is 0.718. The summed E-state index contributed by atoms with van der Waals surface area (Å²) in [4.78, 5) is 11.7. The number of aliphatic hydroxyl groups is 1. The van der Waals surface area contributed by atoms with Crippen molar-refractivity contribution in [2.24, 2.45) is 0 Å². The SMILES string of the molecule is Cc1ccc(OCNC(=O)NCc2ccc(CO)cc2)c(C)c1. The van der Waals surface area contributed by atoms with Crippen molar-refractivity contribution in [2.45, 2.75) is 27.0 Å². The van der Waals surface area contributed by atoms with Gasteiger partial charge >= 0.3 is 6.03 Å². The van der Waals surface area contributed by atoms with E-state index in [0.29, 0.717) is 6.54 Å². The molecule has 5 nitrogen and oxygen atoms in total. The summed E-state index contributed by atoms with van der Waals surface area (Å²) in [6, 6.07) is 13.0. The fourth-order valence-electron chi connectivity index (χ4n) is 2.15. The highest BCUT2D eigenvalue weighted by Gasteiger charge is 2.02. The molecular formula is C18H22N2O3. The molecule has 0 heterocycles. The van der Waals surface area contributed by atoms with E-state index in [1.54, 1.807) is 0 Å². The number of carbonyl (C=O) groups excluding carboxylic acids is 1. The third-order valence-corrected chi connectivity index (χ3v) is 3.45. The van der Waals surface area contributed by atoms with Crippen molar-refractivity contribution in [3.63, 3.8) is 0 Å². The minimum atomic E-state index is -0.291. The summed E-state index contributed by atoms with van der Waals surface area (Å²) < 4.78 is 5.55. The van der Waals surface area contributed by atoms with Crippen LogP contribution in [0.2, 0.25) is 0 Å². The van der Waals surface area contributed by atoms with Crippen LogP contribution in [0.4, 0.5) is 4.79 Å². The summed E-state index contributed by atoms with van der Waals surface area (Å²) in [5, 5.41) is 14.4. The first-order chi connectivity index (χ1) is 11.1. The Labute approximate surface area is 136 Å². The van der Waals surface area contributed by atoms with E-state index in [2.05, 4.69) is 10.6 Å². The fourth-order valence-corrected chi connectivity index (χ4v) is 2.15. The highest BCUT2D eigenvalue weighted by atomic mass is 16.5. The van der Waals surface area contributed by atoms with Gasteiger partial charge in [0, 0.05) is 6.54 Å². The van der Waals surface area contributed by atoms with Crippen molar-refractivity contribution in [1.29, 1.82) is 0 Å². The zero-order valence-corrected chi connectivity index (χ0v) is 13.4. The van der Waals surface area contributed by atoms with Gasteiger partial charge in [-0.1, -0.05) is 42.0 Å². The second-order valence-electron chi connectivity index (χ2n) is 5.39. The summed E-state index contributed by atoms with van der Waals surface area (Å²) >= 11 is 0. The average molecular weight is 314 g/mol. The average Bonchev–Trinajstić information content (AvgIpc) is 2.55. The zero-order chi connectivity index (χ0) is 16.7. The van der Waals surface area contributed by atoms with E-state index < -0.39 is 0 Å². The van der Waals surface area contributed by atoms with Gasteiger partial charge in [-0.3, -0.25) is 0 Å². The number of aryl methyl sites for hydroxylation is 2. The van der Waals surface area contributed by atoms with Gasteiger partial charge in [0.1, 0.15) is 5.75 Å². The summed E-state index contributed by atoms with van der Waals surface area (Å²) in [6.45, 7) is 4.54. The topological polar surface area (TPSA) is 70.6 Å². The highest BCUT2D eigenvalue weighted by Crippen LogP contribution is 2.18. The number of hydrogen-bond donors (Lipinski definition) is 3. The molecule has 0 fully saturated rings. The van der Waals surface area contributed by atoms with Crippen LogP contribution in [0.5, 0.6) is 5.75 Å². The molecule has 0 bridgehead atoms. The van der Waals surface area contributed by atoms with Crippen LogP contribution in [-0.4, -0.2) is 17.9 Å². The Bertz CT molecular complexity index is 654. The number of urea groups is 1. The third kappa shape index (κ3) is 5.30. The van der Waals surface area contributed by atoms with E-state index in [-0.39, 0.29) is 19.4 Å². The van der Waals surface area contributed by atoms with Crippen LogP contribution < -0.4 is 15.4 Å². The zero-order valence-electron chi connectivity index (χ0n) is 13.4. The van der Waals surface area contributed by atoms with Gasteiger partial charge in [-0.25, -0.2) is 4.79 Å². The molecule has 0 aliphatic carbocycles. The number of ether oxygens (including phenoxy) is 1. The van der Waals surface area contributed by atoms with Crippen molar-refractivity contribution in [3.8, 4) is 5.75 Å². The van der Waals surface area contributed by atoms with Gasteiger partial charge in [0.15, 0.2) is 6.73 Å². The molecule has 2 aromatic rings. The molecule has 0 aromatic heterocycles. The second-order valence-corrected chi connectivity index (χ2v) is 5.39. The number of carbonyl (C=O) groups is 1. The summed E-state index contributed by atoms with van der Waals surface area (Å²) in [6.07, 6.45) is 0. The van der Waals surface area contributed by atoms with Gasteiger partial charge in [-0.15, -0.1) is 0 Å². The number of nitrogens with one attached hydrogen (secondary N) is 2. The summed E-state index contributed by atoms with van der Waals surface area (Å²) in [5.41, 5.74) is 4.02. The standard InChI is InChI=1S/C18H22N2O3/c1-13-3-8-17(14(2)9-13)23-12-20-18(22)19-10-15-4-6-16(11-21)7-5-15/h3-9,21H,10-12H2,1-2H3,(H2,19,20,22). The monoisotopic (exact) mass is 314 g/mol. The first kappa shape index (κ1) is 16.8. The molecule has 0 unspecified atom stereocenters. The highest BCUT2D eigenvalue weighted by molar-refractivity contribution is 5.73. The predicted molar refractivity (Wildman–Crippen MR) is 89.1 cm³/mol. The number of rotatable bonds is 6. The van der Waals surface area contributed by atoms with Crippen LogP contribution in [-0.2, 0) is 13.2 Å². The van der Waals surface area contributed by atoms with E-state index in [9.17, 15) is 4.79 Å². The number of benzene rings is 2. The lowest BCUT2D eigenvalue weighted by molar-refractivity contribution is 0.223. The van der Waals surface area contributed by atoms with Gasteiger partial charge in [0.2, 0.25) is 0 Å². The van der Waals surface area contributed by atoms with Gasteiger partial charge in [-0.05, 0) is 36.6 Å². The largest absolute Gasteiger partial charge is 0.473 e.